The SMILES string of the molecule is CCN1C/C(=C/c2c(C)nn(-c3ccccc3)c2Cl)c2nc3ccccc3c(C(=O)O)c2C1. The number of aromatic carboxylic acids is 1. The number of aryl methyl sites for hydroxylation is 1. The van der Waals surface area contributed by atoms with Gasteiger partial charge >= 0.3 is 5.97 Å². The van der Waals surface area contributed by atoms with E-state index in [9.17, 15) is 9.90 Å². The summed E-state index contributed by atoms with van der Waals surface area (Å²) in [4.78, 5) is 19.4. The predicted octanol–water partition coefficient (Wildman–Crippen LogP) is 5.46. The molecule has 0 saturated carbocycles. The first-order chi connectivity index (χ1) is 16.0. The molecular weight excluding hydrogens is 436 g/mol. The molecule has 0 bridgehead atoms. The van der Waals surface area contributed by atoms with Crippen LogP contribution in [-0.2, 0) is 6.54 Å². The Morgan fingerprint density at radius 3 is 2.58 bits per heavy atom. The minimum Gasteiger partial charge on any atom is -0.478 e. The maximum absolute atomic E-state index is 12.3. The predicted molar refractivity (Wildman–Crippen MR) is 131 cm³/mol. The van der Waals surface area contributed by atoms with Crippen LogP contribution >= 0.6 is 11.6 Å². The number of nitrogens with zero attached hydrogens (tertiary/aromatic N) is 4. The first kappa shape index (κ1) is 21.4. The van der Waals surface area contributed by atoms with E-state index in [1.807, 2.05) is 67.6 Å². The lowest BCUT2D eigenvalue weighted by molar-refractivity contribution is 0.0696. The summed E-state index contributed by atoms with van der Waals surface area (Å²) in [5, 5.41) is 15.9. The van der Waals surface area contributed by atoms with Crippen LogP contribution in [0.5, 0.6) is 0 Å². The lowest BCUT2D eigenvalue weighted by Gasteiger charge is -2.30. The van der Waals surface area contributed by atoms with Gasteiger partial charge in [0.05, 0.1) is 28.2 Å². The lowest BCUT2D eigenvalue weighted by Crippen LogP contribution is -2.31. The fourth-order valence-corrected chi connectivity index (χ4v) is 4.76. The Labute approximate surface area is 196 Å². The van der Waals surface area contributed by atoms with Gasteiger partial charge in [0.25, 0.3) is 0 Å². The van der Waals surface area contributed by atoms with E-state index in [1.54, 1.807) is 4.68 Å². The Morgan fingerprint density at radius 1 is 1.12 bits per heavy atom. The van der Waals surface area contributed by atoms with Gasteiger partial charge in [-0.15, -0.1) is 0 Å². The first-order valence-electron chi connectivity index (χ1n) is 10.9. The van der Waals surface area contributed by atoms with Gasteiger partial charge in [-0.3, -0.25) is 4.90 Å². The molecule has 2 aromatic carbocycles. The van der Waals surface area contributed by atoms with Gasteiger partial charge in [-0.25, -0.2) is 14.5 Å². The number of benzene rings is 2. The monoisotopic (exact) mass is 458 g/mol. The fourth-order valence-electron chi connectivity index (χ4n) is 4.44. The number of fused-ring (bicyclic) bond motifs is 2. The van der Waals surface area contributed by atoms with Crippen molar-refractivity contribution in [3.05, 3.63) is 87.8 Å². The minimum absolute atomic E-state index is 0.322. The molecule has 1 aliphatic rings. The molecule has 0 saturated heterocycles. The summed E-state index contributed by atoms with van der Waals surface area (Å²) < 4.78 is 1.72. The van der Waals surface area contributed by atoms with Crippen molar-refractivity contribution in [3.8, 4) is 5.69 Å². The Kier molecular flexibility index (Phi) is 5.48. The van der Waals surface area contributed by atoms with Crippen molar-refractivity contribution < 1.29 is 9.90 Å². The average molecular weight is 459 g/mol. The maximum atomic E-state index is 12.3. The summed E-state index contributed by atoms with van der Waals surface area (Å²) in [5.74, 6) is -0.937. The van der Waals surface area contributed by atoms with E-state index >= 15 is 0 Å². The van der Waals surface area contributed by atoms with Crippen molar-refractivity contribution >= 4 is 40.1 Å². The molecule has 0 spiro atoms. The molecule has 7 heteroatoms. The zero-order chi connectivity index (χ0) is 23.1. The minimum atomic E-state index is -0.937. The number of hydrogen-bond donors (Lipinski definition) is 1. The second-order valence-corrected chi connectivity index (χ2v) is 8.50. The third-order valence-electron chi connectivity index (χ3n) is 6.10. The summed E-state index contributed by atoms with van der Waals surface area (Å²) >= 11 is 6.79. The maximum Gasteiger partial charge on any atom is 0.336 e. The van der Waals surface area contributed by atoms with Gasteiger partial charge in [-0.05, 0) is 43.3 Å². The molecule has 3 heterocycles. The highest BCUT2D eigenvalue weighted by Crippen LogP contribution is 2.35. The highest BCUT2D eigenvalue weighted by Gasteiger charge is 2.28. The van der Waals surface area contributed by atoms with Crippen molar-refractivity contribution in [2.45, 2.75) is 20.4 Å². The summed E-state index contributed by atoms with van der Waals surface area (Å²) in [6.07, 6.45) is 2.01. The van der Waals surface area contributed by atoms with Crippen LogP contribution in [0.4, 0.5) is 0 Å². The number of carboxylic acids is 1. The highest BCUT2D eigenvalue weighted by atomic mass is 35.5. The van der Waals surface area contributed by atoms with E-state index in [0.29, 0.717) is 34.7 Å². The van der Waals surface area contributed by atoms with Crippen LogP contribution in [0.1, 0.15) is 39.8 Å². The second-order valence-electron chi connectivity index (χ2n) is 8.15. The van der Waals surface area contributed by atoms with Crippen molar-refractivity contribution in [1.29, 1.82) is 0 Å². The smallest absolute Gasteiger partial charge is 0.336 e. The van der Waals surface area contributed by atoms with Gasteiger partial charge in [0.15, 0.2) is 0 Å². The molecule has 6 nitrogen and oxygen atoms in total. The molecular formula is C26H23ClN4O2. The molecule has 33 heavy (non-hydrogen) atoms. The zero-order valence-corrected chi connectivity index (χ0v) is 19.2. The van der Waals surface area contributed by atoms with Crippen molar-refractivity contribution in [2.24, 2.45) is 0 Å². The number of hydrogen-bond acceptors (Lipinski definition) is 4. The van der Waals surface area contributed by atoms with Gasteiger partial charge in [-0.1, -0.05) is 54.9 Å². The molecule has 0 atom stereocenters. The zero-order valence-electron chi connectivity index (χ0n) is 18.4. The van der Waals surface area contributed by atoms with Crippen LogP contribution in [0.3, 0.4) is 0 Å². The molecule has 0 amide bonds. The molecule has 0 aliphatic carbocycles. The molecule has 5 rings (SSSR count). The highest BCUT2D eigenvalue weighted by molar-refractivity contribution is 6.31. The second kappa shape index (κ2) is 8.46. The van der Waals surface area contributed by atoms with Gasteiger partial charge in [0.1, 0.15) is 5.15 Å². The molecule has 166 valence electrons. The standard InChI is InChI=1S/C26H23ClN4O2/c1-3-30-14-17(13-20-16(2)29-31(25(20)27)18-9-5-4-6-10-18)24-21(15-30)23(26(32)33)19-11-7-8-12-22(19)28-24/h4-13H,3,14-15H2,1-2H3,(H,32,33)/b17-13-. The van der Waals surface area contributed by atoms with Crippen LogP contribution in [-0.4, -0.2) is 43.8 Å². The molecule has 1 aliphatic heterocycles. The van der Waals surface area contributed by atoms with E-state index in [0.717, 1.165) is 40.3 Å². The Morgan fingerprint density at radius 2 is 1.85 bits per heavy atom. The molecule has 0 unspecified atom stereocenters. The van der Waals surface area contributed by atoms with Gasteiger partial charge in [-0.2, -0.15) is 5.10 Å². The third-order valence-corrected chi connectivity index (χ3v) is 6.47. The number of halogens is 1. The van der Waals surface area contributed by atoms with Crippen LogP contribution in [0.2, 0.25) is 5.15 Å². The summed E-state index contributed by atoms with van der Waals surface area (Å²) in [5.41, 5.74) is 5.88. The number of para-hydroxylation sites is 2. The quantitative estimate of drug-likeness (QED) is 0.440. The van der Waals surface area contributed by atoms with Gasteiger partial charge < -0.3 is 5.11 Å². The first-order valence-corrected chi connectivity index (χ1v) is 11.2. The van der Waals surface area contributed by atoms with Crippen molar-refractivity contribution in [3.63, 3.8) is 0 Å². The molecule has 1 N–H and O–H groups in total. The number of carboxylic acid groups (broad SMARTS) is 1. The number of rotatable bonds is 4. The summed E-state index contributed by atoms with van der Waals surface area (Å²) in [6, 6.07) is 17.2. The Balaban J connectivity index is 1.73. The fraction of sp³-hybridized carbons (Fsp3) is 0.192. The van der Waals surface area contributed by atoms with E-state index in [2.05, 4.69) is 16.9 Å². The van der Waals surface area contributed by atoms with Crippen molar-refractivity contribution in [2.75, 3.05) is 13.1 Å². The Bertz CT molecular complexity index is 1410. The van der Waals surface area contributed by atoms with Crippen molar-refractivity contribution in [1.82, 2.24) is 19.7 Å². The molecule has 0 radical (unpaired) electrons. The van der Waals surface area contributed by atoms with E-state index < -0.39 is 5.97 Å². The molecule has 2 aromatic heterocycles. The van der Waals surface area contributed by atoms with E-state index in [4.69, 9.17) is 16.6 Å². The van der Waals surface area contributed by atoms with Crippen LogP contribution in [0.15, 0.2) is 54.6 Å². The number of pyridine rings is 1. The molecule has 0 fully saturated rings. The summed E-state index contributed by atoms with van der Waals surface area (Å²) in [7, 11) is 0. The topological polar surface area (TPSA) is 71.2 Å². The number of carbonyl (C=O) groups is 1. The number of likely N-dealkylation sites (N-methyl/N-ethyl adjacent to an activating group) is 1. The molecule has 4 aromatic rings. The van der Waals surface area contributed by atoms with Crippen LogP contribution in [0, 0.1) is 6.92 Å². The lowest BCUT2D eigenvalue weighted by atomic mass is 9.92. The van der Waals surface area contributed by atoms with Gasteiger partial charge in [0.2, 0.25) is 0 Å². The van der Waals surface area contributed by atoms with E-state index in [-0.39, 0.29) is 0 Å². The summed E-state index contributed by atoms with van der Waals surface area (Å²) in [6.45, 7) is 5.98. The van der Waals surface area contributed by atoms with Gasteiger partial charge in [0, 0.05) is 29.6 Å². The van der Waals surface area contributed by atoms with Crippen LogP contribution < -0.4 is 0 Å². The normalized spacial score (nSPS) is 15.2. The van der Waals surface area contributed by atoms with E-state index in [1.165, 1.54) is 0 Å². The third kappa shape index (κ3) is 3.71. The Hall–Kier alpha value is -3.48. The number of aromatic nitrogens is 3. The average Bonchev–Trinajstić information content (AvgIpc) is 3.11. The van der Waals surface area contributed by atoms with Crippen LogP contribution in [0.25, 0.3) is 28.2 Å². The largest absolute Gasteiger partial charge is 0.478 e.